The van der Waals surface area contributed by atoms with Crippen LogP contribution in [0.4, 0.5) is 17.1 Å². The van der Waals surface area contributed by atoms with Crippen molar-refractivity contribution in [2.24, 2.45) is 0 Å². The Morgan fingerprint density at radius 2 is 0.934 bits per heavy atom. The van der Waals surface area contributed by atoms with Crippen molar-refractivity contribution in [3.05, 3.63) is 231 Å². The van der Waals surface area contributed by atoms with E-state index in [-0.39, 0.29) is 0 Å². The number of anilines is 3. The molecule has 0 amide bonds. The summed E-state index contributed by atoms with van der Waals surface area (Å²) in [6.07, 6.45) is 0. The second kappa shape index (κ2) is 14.3. The third-order valence-electron chi connectivity index (χ3n) is 12.2. The highest BCUT2D eigenvalue weighted by molar-refractivity contribution is 6.16. The molecule has 0 aliphatic heterocycles. The normalized spacial score (nSPS) is 11.6. The molecule has 12 aromatic rings. The van der Waals surface area contributed by atoms with Gasteiger partial charge in [-0.3, -0.25) is 0 Å². The van der Waals surface area contributed by atoms with Crippen molar-refractivity contribution in [1.29, 1.82) is 0 Å². The molecule has 2 aromatic heterocycles. The van der Waals surface area contributed by atoms with Crippen LogP contribution >= 0.6 is 0 Å². The van der Waals surface area contributed by atoms with E-state index in [1.165, 1.54) is 54.8 Å². The molecule has 3 nitrogen and oxygen atoms in total. The minimum atomic E-state index is 0.854. The number of furan rings is 1. The van der Waals surface area contributed by atoms with Crippen molar-refractivity contribution >= 4 is 71.6 Å². The van der Waals surface area contributed by atoms with Crippen molar-refractivity contribution in [3.63, 3.8) is 0 Å². The van der Waals surface area contributed by atoms with E-state index in [0.717, 1.165) is 55.8 Å². The highest BCUT2D eigenvalue weighted by Crippen LogP contribution is 2.47. The maximum absolute atomic E-state index is 6.54. The molecule has 3 heteroatoms. The lowest BCUT2D eigenvalue weighted by Gasteiger charge is -2.29. The Bertz CT molecular complexity index is 3590. The van der Waals surface area contributed by atoms with Gasteiger partial charge in [-0.15, -0.1) is 0 Å². The second-order valence-electron chi connectivity index (χ2n) is 15.6. The lowest BCUT2D eigenvalue weighted by atomic mass is 9.90. The van der Waals surface area contributed by atoms with Crippen molar-refractivity contribution in [3.8, 4) is 39.1 Å². The fourth-order valence-electron chi connectivity index (χ4n) is 9.53. The Kier molecular flexibility index (Phi) is 8.17. The van der Waals surface area contributed by atoms with Crippen LogP contribution in [0.25, 0.3) is 93.6 Å². The zero-order valence-electron chi connectivity index (χ0n) is 33.2. The van der Waals surface area contributed by atoms with Gasteiger partial charge in [-0.05, 0) is 99.3 Å². The lowest BCUT2D eigenvalue weighted by molar-refractivity contribution is 0.669. The molecule has 0 aliphatic rings. The summed E-state index contributed by atoms with van der Waals surface area (Å²) in [5, 5.41) is 7.11. The third kappa shape index (κ3) is 5.74. The third-order valence-corrected chi connectivity index (χ3v) is 12.2. The highest BCUT2D eigenvalue weighted by atomic mass is 16.3. The van der Waals surface area contributed by atoms with Gasteiger partial charge in [-0.1, -0.05) is 164 Å². The van der Waals surface area contributed by atoms with E-state index in [0.29, 0.717) is 0 Å². The number of fused-ring (bicyclic) bond motifs is 7. The predicted octanol–water partition coefficient (Wildman–Crippen LogP) is 16.3. The van der Waals surface area contributed by atoms with Crippen molar-refractivity contribution in [2.75, 3.05) is 4.90 Å². The van der Waals surface area contributed by atoms with Crippen molar-refractivity contribution in [2.45, 2.75) is 0 Å². The predicted molar refractivity (Wildman–Crippen MR) is 257 cm³/mol. The largest absolute Gasteiger partial charge is 0.456 e. The zero-order valence-corrected chi connectivity index (χ0v) is 33.2. The van der Waals surface area contributed by atoms with Gasteiger partial charge >= 0.3 is 0 Å². The van der Waals surface area contributed by atoms with E-state index < -0.39 is 0 Å². The molecule has 2 heterocycles. The number of hydrogen-bond acceptors (Lipinski definition) is 2. The van der Waals surface area contributed by atoms with E-state index in [2.05, 4.69) is 228 Å². The Morgan fingerprint density at radius 3 is 1.79 bits per heavy atom. The van der Waals surface area contributed by atoms with E-state index in [1.54, 1.807) is 0 Å². The molecule has 0 atom stereocenters. The molecular formula is C58H38N2O. The van der Waals surface area contributed by atoms with E-state index in [1.807, 2.05) is 12.1 Å². The van der Waals surface area contributed by atoms with Gasteiger partial charge in [0.15, 0.2) is 0 Å². The molecule has 0 fully saturated rings. The molecular weight excluding hydrogens is 741 g/mol. The van der Waals surface area contributed by atoms with Gasteiger partial charge in [0.1, 0.15) is 11.2 Å². The van der Waals surface area contributed by atoms with Gasteiger partial charge in [0.05, 0.1) is 16.7 Å². The van der Waals surface area contributed by atoms with Crippen LogP contribution in [-0.2, 0) is 0 Å². The fourth-order valence-corrected chi connectivity index (χ4v) is 9.53. The van der Waals surface area contributed by atoms with Gasteiger partial charge in [0.2, 0.25) is 0 Å². The van der Waals surface area contributed by atoms with Crippen LogP contribution in [0.3, 0.4) is 0 Å². The SMILES string of the molecule is c1ccc(-c2cccc3cccc(-c4ccccc4N(c4cccc(-c5cccc6c5c5ccccc5n6-c5ccccc5)c4)c4ccc5c(c4)oc4ccccc45)c23)cc1. The number of hydrogen-bond donors (Lipinski definition) is 0. The Hall–Kier alpha value is -8.14. The van der Waals surface area contributed by atoms with Crippen LogP contribution in [0, 0.1) is 0 Å². The van der Waals surface area contributed by atoms with E-state index in [4.69, 9.17) is 4.42 Å². The van der Waals surface area contributed by atoms with Gasteiger partial charge in [0, 0.05) is 50.2 Å². The Balaban J connectivity index is 1.10. The first-order valence-electron chi connectivity index (χ1n) is 20.8. The van der Waals surface area contributed by atoms with Crippen LogP contribution in [0.1, 0.15) is 0 Å². The average Bonchev–Trinajstić information content (AvgIpc) is 3.88. The standard InChI is InChI=1S/C58H38N2O/c1-3-17-39(18-4-1)45-28-14-19-40-20-15-30-50(57(40)45)47-25-7-10-31-52(47)59(44-35-36-49-48-26-9-12-34-55(48)61-56(49)38-44)43-24-13-21-41(37-43)46-29-16-33-54-58(46)51-27-8-11-32-53(51)60(54)42-22-5-2-6-23-42/h1-38H. The molecule has 0 unspecified atom stereocenters. The first kappa shape index (κ1) is 34.9. The number of aromatic nitrogens is 1. The summed E-state index contributed by atoms with van der Waals surface area (Å²) >= 11 is 0. The topological polar surface area (TPSA) is 21.3 Å². The summed E-state index contributed by atoms with van der Waals surface area (Å²) in [5.74, 6) is 0. The molecule has 61 heavy (non-hydrogen) atoms. The van der Waals surface area contributed by atoms with Crippen molar-refractivity contribution in [1.82, 2.24) is 4.57 Å². The second-order valence-corrected chi connectivity index (χ2v) is 15.6. The summed E-state index contributed by atoms with van der Waals surface area (Å²) in [5.41, 5.74) is 15.4. The maximum atomic E-state index is 6.54. The van der Waals surface area contributed by atoms with E-state index in [9.17, 15) is 0 Å². The van der Waals surface area contributed by atoms with Crippen LogP contribution < -0.4 is 4.90 Å². The lowest BCUT2D eigenvalue weighted by Crippen LogP contribution is -2.11. The van der Waals surface area contributed by atoms with Crippen LogP contribution in [0.15, 0.2) is 235 Å². The summed E-state index contributed by atoms with van der Waals surface area (Å²) in [7, 11) is 0. The quantitative estimate of drug-likeness (QED) is 0.161. The summed E-state index contributed by atoms with van der Waals surface area (Å²) < 4.78 is 8.93. The smallest absolute Gasteiger partial charge is 0.137 e. The maximum Gasteiger partial charge on any atom is 0.137 e. The van der Waals surface area contributed by atoms with Gasteiger partial charge < -0.3 is 13.9 Å². The van der Waals surface area contributed by atoms with Gasteiger partial charge in [0.25, 0.3) is 0 Å². The minimum Gasteiger partial charge on any atom is -0.456 e. The summed E-state index contributed by atoms with van der Waals surface area (Å²) in [4.78, 5) is 2.41. The molecule has 0 aliphatic carbocycles. The summed E-state index contributed by atoms with van der Waals surface area (Å²) in [6, 6.07) is 83.0. The minimum absolute atomic E-state index is 0.854. The molecule has 0 radical (unpaired) electrons. The van der Waals surface area contributed by atoms with Crippen LogP contribution in [0.5, 0.6) is 0 Å². The number of rotatable bonds is 7. The molecule has 0 bridgehead atoms. The van der Waals surface area contributed by atoms with Gasteiger partial charge in [-0.25, -0.2) is 0 Å². The molecule has 0 N–H and O–H groups in total. The molecule has 12 rings (SSSR count). The number of benzene rings is 10. The van der Waals surface area contributed by atoms with Crippen molar-refractivity contribution < 1.29 is 4.42 Å². The molecule has 10 aromatic carbocycles. The molecule has 0 saturated heterocycles. The number of nitrogens with zero attached hydrogens (tertiary/aromatic N) is 2. The zero-order chi connectivity index (χ0) is 40.3. The fraction of sp³-hybridized carbons (Fsp3) is 0. The number of para-hydroxylation sites is 4. The van der Waals surface area contributed by atoms with Crippen LogP contribution in [-0.4, -0.2) is 4.57 Å². The summed E-state index contributed by atoms with van der Waals surface area (Å²) in [6.45, 7) is 0. The Labute approximate surface area is 353 Å². The first-order valence-corrected chi connectivity index (χ1v) is 20.8. The molecule has 0 saturated carbocycles. The van der Waals surface area contributed by atoms with E-state index >= 15 is 0 Å². The monoisotopic (exact) mass is 778 g/mol. The first-order chi connectivity index (χ1) is 30.3. The highest BCUT2D eigenvalue weighted by Gasteiger charge is 2.22. The van der Waals surface area contributed by atoms with Crippen LogP contribution in [0.2, 0.25) is 0 Å². The average molecular weight is 779 g/mol. The molecule has 0 spiro atoms. The molecule has 286 valence electrons. The van der Waals surface area contributed by atoms with Gasteiger partial charge in [-0.2, -0.15) is 0 Å². The Morgan fingerprint density at radius 1 is 0.344 bits per heavy atom.